The van der Waals surface area contributed by atoms with Crippen LogP contribution in [0.3, 0.4) is 0 Å². The second-order valence-corrected chi connectivity index (χ2v) is 8.61. The molecule has 5 heteroatoms. The zero-order valence-corrected chi connectivity index (χ0v) is 12.3. The molecule has 0 amide bonds. The summed E-state index contributed by atoms with van der Waals surface area (Å²) in [6.07, 6.45) is 2.61. The first-order valence-electron chi connectivity index (χ1n) is 5.79. The number of nitriles is 1. The number of hydrogen-bond donors (Lipinski definition) is 1. The van der Waals surface area contributed by atoms with Crippen LogP contribution in [-0.2, 0) is 9.84 Å². The van der Waals surface area contributed by atoms with Crippen LogP contribution in [0.1, 0.15) is 40.5 Å². The molecule has 0 aliphatic carbocycles. The van der Waals surface area contributed by atoms with Gasteiger partial charge in [-0.2, -0.15) is 5.26 Å². The summed E-state index contributed by atoms with van der Waals surface area (Å²) in [7, 11) is -3.05. The van der Waals surface area contributed by atoms with Gasteiger partial charge >= 0.3 is 0 Å². The number of sulfone groups is 1. The molecule has 0 bridgehead atoms. The first-order chi connectivity index (χ1) is 7.52. The van der Waals surface area contributed by atoms with Gasteiger partial charge in [0.1, 0.15) is 0 Å². The highest BCUT2D eigenvalue weighted by atomic mass is 32.2. The van der Waals surface area contributed by atoms with Crippen LogP contribution in [0.2, 0.25) is 0 Å². The molecule has 0 aliphatic heterocycles. The zero-order chi connectivity index (χ0) is 13.7. The maximum Gasteiger partial charge on any atom is 0.153 e. The Hall–Kier alpha value is -0.600. The van der Waals surface area contributed by atoms with Gasteiger partial charge in [-0.25, -0.2) is 8.42 Å². The largest absolute Gasteiger partial charge is 0.315 e. The molecule has 0 rings (SSSR count). The van der Waals surface area contributed by atoms with Crippen LogP contribution < -0.4 is 5.32 Å². The minimum atomic E-state index is -3.05. The van der Waals surface area contributed by atoms with Gasteiger partial charge in [0.25, 0.3) is 0 Å². The van der Waals surface area contributed by atoms with Gasteiger partial charge in [0, 0.05) is 25.8 Å². The standard InChI is InChI=1S/C12H24N2O2S/c1-11(2,7-6-8-13)9-14-10-12(3,4)17(5,15)16/h14H,6-7,9-10H2,1-5H3. The van der Waals surface area contributed by atoms with Crippen molar-refractivity contribution in [2.75, 3.05) is 19.3 Å². The molecule has 1 N–H and O–H groups in total. The summed E-state index contributed by atoms with van der Waals surface area (Å²) in [6.45, 7) is 8.74. The molecule has 4 nitrogen and oxygen atoms in total. The highest BCUT2D eigenvalue weighted by molar-refractivity contribution is 7.92. The average molecular weight is 260 g/mol. The highest BCUT2D eigenvalue weighted by Gasteiger charge is 2.30. The lowest BCUT2D eigenvalue weighted by molar-refractivity contribution is 0.313. The third-order valence-corrected chi connectivity index (χ3v) is 5.22. The van der Waals surface area contributed by atoms with E-state index in [4.69, 9.17) is 5.26 Å². The van der Waals surface area contributed by atoms with E-state index in [0.29, 0.717) is 19.5 Å². The quantitative estimate of drug-likeness (QED) is 0.757. The lowest BCUT2D eigenvalue weighted by atomic mass is 9.88. The smallest absolute Gasteiger partial charge is 0.153 e. The van der Waals surface area contributed by atoms with E-state index in [2.05, 4.69) is 25.2 Å². The van der Waals surface area contributed by atoms with E-state index in [1.165, 1.54) is 6.26 Å². The third kappa shape index (κ3) is 6.04. The normalized spacial score (nSPS) is 13.4. The molecule has 0 aromatic carbocycles. The van der Waals surface area contributed by atoms with E-state index < -0.39 is 14.6 Å². The van der Waals surface area contributed by atoms with Crippen molar-refractivity contribution in [3.05, 3.63) is 0 Å². The second-order valence-electron chi connectivity index (χ2n) is 5.96. The van der Waals surface area contributed by atoms with Crippen LogP contribution in [0, 0.1) is 16.7 Å². The number of rotatable bonds is 7. The van der Waals surface area contributed by atoms with Crippen LogP contribution in [0.5, 0.6) is 0 Å². The molecule has 0 aliphatic rings. The van der Waals surface area contributed by atoms with Gasteiger partial charge in [0.05, 0.1) is 10.8 Å². The van der Waals surface area contributed by atoms with Crippen molar-refractivity contribution in [3.63, 3.8) is 0 Å². The van der Waals surface area contributed by atoms with Gasteiger partial charge in [0.15, 0.2) is 9.84 Å². The Morgan fingerprint density at radius 3 is 2.12 bits per heavy atom. The average Bonchev–Trinajstić information content (AvgIpc) is 2.12. The first kappa shape index (κ1) is 16.4. The Morgan fingerprint density at radius 1 is 1.18 bits per heavy atom. The summed E-state index contributed by atoms with van der Waals surface area (Å²) in [5.74, 6) is 0. The van der Waals surface area contributed by atoms with Crippen LogP contribution in [-0.4, -0.2) is 32.5 Å². The summed E-state index contributed by atoms with van der Waals surface area (Å²) in [4.78, 5) is 0. The Kier molecular flexibility index (Phi) is 5.63. The summed E-state index contributed by atoms with van der Waals surface area (Å²) < 4.78 is 22.2. The van der Waals surface area contributed by atoms with E-state index in [1.807, 2.05) is 0 Å². The van der Waals surface area contributed by atoms with Gasteiger partial charge < -0.3 is 5.32 Å². The minimum Gasteiger partial charge on any atom is -0.315 e. The van der Waals surface area contributed by atoms with Gasteiger partial charge in [-0.15, -0.1) is 0 Å². The molecule has 17 heavy (non-hydrogen) atoms. The molecule has 100 valence electrons. The lowest BCUT2D eigenvalue weighted by Crippen LogP contribution is -2.44. The molecule has 0 saturated heterocycles. The maximum absolute atomic E-state index is 11.5. The third-order valence-electron chi connectivity index (χ3n) is 3.07. The Labute approximate surface area is 105 Å². The summed E-state index contributed by atoms with van der Waals surface area (Å²) in [6, 6.07) is 2.13. The summed E-state index contributed by atoms with van der Waals surface area (Å²) in [5, 5.41) is 11.7. The van der Waals surface area contributed by atoms with Crippen LogP contribution in [0.4, 0.5) is 0 Å². The fourth-order valence-electron chi connectivity index (χ4n) is 1.32. The Bertz CT molecular complexity index is 378. The second kappa shape index (κ2) is 5.83. The lowest BCUT2D eigenvalue weighted by Gasteiger charge is -2.28. The molecule has 0 unspecified atom stereocenters. The van der Waals surface area contributed by atoms with E-state index >= 15 is 0 Å². The predicted molar refractivity (Wildman–Crippen MR) is 70.4 cm³/mol. The van der Waals surface area contributed by atoms with E-state index in [9.17, 15) is 8.42 Å². The van der Waals surface area contributed by atoms with Crippen LogP contribution in [0.15, 0.2) is 0 Å². The van der Waals surface area contributed by atoms with Crippen molar-refractivity contribution >= 4 is 9.84 Å². The van der Waals surface area contributed by atoms with Crippen LogP contribution >= 0.6 is 0 Å². The minimum absolute atomic E-state index is 0.0172. The predicted octanol–water partition coefficient (Wildman–Crippen LogP) is 1.73. The number of nitrogens with zero attached hydrogens (tertiary/aromatic N) is 1. The molecule has 0 aromatic rings. The molecule has 0 atom stereocenters. The van der Waals surface area contributed by atoms with Crippen molar-refractivity contribution in [1.82, 2.24) is 5.32 Å². The number of hydrogen-bond acceptors (Lipinski definition) is 4. The Balaban J connectivity index is 4.21. The van der Waals surface area contributed by atoms with E-state index in [0.717, 1.165) is 6.42 Å². The van der Waals surface area contributed by atoms with Gasteiger partial charge in [-0.3, -0.25) is 0 Å². The molecular weight excluding hydrogens is 236 g/mol. The molecule has 0 aromatic heterocycles. The van der Waals surface area contributed by atoms with Crippen LogP contribution in [0.25, 0.3) is 0 Å². The van der Waals surface area contributed by atoms with Crippen molar-refractivity contribution in [3.8, 4) is 6.07 Å². The molecule has 0 radical (unpaired) electrons. The van der Waals surface area contributed by atoms with Gasteiger partial charge in [-0.1, -0.05) is 13.8 Å². The maximum atomic E-state index is 11.5. The van der Waals surface area contributed by atoms with Crippen molar-refractivity contribution in [2.45, 2.75) is 45.3 Å². The monoisotopic (exact) mass is 260 g/mol. The molecule has 0 fully saturated rings. The molecule has 0 saturated carbocycles. The topological polar surface area (TPSA) is 70.0 Å². The van der Waals surface area contributed by atoms with E-state index in [-0.39, 0.29) is 5.41 Å². The first-order valence-corrected chi connectivity index (χ1v) is 7.68. The molecule has 0 heterocycles. The summed E-state index contributed by atoms with van der Waals surface area (Å²) in [5.41, 5.74) is 0.0172. The zero-order valence-electron chi connectivity index (χ0n) is 11.5. The molecule has 0 spiro atoms. The van der Waals surface area contributed by atoms with E-state index in [1.54, 1.807) is 13.8 Å². The Morgan fingerprint density at radius 2 is 1.71 bits per heavy atom. The van der Waals surface area contributed by atoms with Crippen molar-refractivity contribution < 1.29 is 8.42 Å². The van der Waals surface area contributed by atoms with Crippen molar-refractivity contribution in [1.29, 1.82) is 5.26 Å². The highest BCUT2D eigenvalue weighted by Crippen LogP contribution is 2.21. The SMILES string of the molecule is CC(C)(CCC#N)CNCC(C)(C)S(C)(=O)=O. The fourth-order valence-corrected chi connectivity index (χ4v) is 1.68. The fraction of sp³-hybridized carbons (Fsp3) is 0.917. The number of nitrogens with one attached hydrogen (secondary N) is 1. The van der Waals surface area contributed by atoms with Crippen molar-refractivity contribution in [2.24, 2.45) is 5.41 Å². The van der Waals surface area contributed by atoms with Gasteiger partial charge in [-0.05, 0) is 25.7 Å². The molecular formula is C12H24N2O2S. The van der Waals surface area contributed by atoms with Gasteiger partial charge in [0.2, 0.25) is 0 Å². The summed E-state index contributed by atoms with van der Waals surface area (Å²) >= 11 is 0.